The van der Waals surface area contributed by atoms with E-state index in [9.17, 15) is 18.7 Å². The predicted molar refractivity (Wildman–Crippen MR) is 28.6 cm³/mol. The summed E-state index contributed by atoms with van der Waals surface area (Å²) >= 11 is 0.738. The Kier molecular flexibility index (Phi) is 6.80. The molecule has 0 fully saturated rings. The maximum Gasteiger partial charge on any atom is 1.00 e. The van der Waals surface area contributed by atoms with Crippen LogP contribution < -0.4 is 34.7 Å². The molecule has 0 aliphatic heterocycles. The maximum absolute atomic E-state index is 11.5. The first-order valence-electron chi connectivity index (χ1n) is 1.68. The summed E-state index contributed by atoms with van der Waals surface area (Å²) in [4.78, 5) is 9.42. The van der Waals surface area contributed by atoms with E-state index in [2.05, 4.69) is 0 Å². The number of alkyl halides is 3. The average Bonchev–Trinajstić information content (AvgIpc) is 1.21. The molecular weight excluding hydrogens is 256 g/mol. The molecule has 48 valence electrons. The first kappa shape index (κ1) is 12.7. The zero-order valence-electron chi connectivity index (χ0n) is 4.66. The fourth-order valence-corrected chi connectivity index (χ4v) is 0.475. The Bertz CT molecular complexity index is 102. The molecule has 0 heterocycles. The van der Waals surface area contributed by atoms with Gasteiger partial charge in [0.2, 0.25) is 0 Å². The molecule has 0 aromatic rings. The number of rotatable bonds is 2. The van der Waals surface area contributed by atoms with Crippen LogP contribution in [0.3, 0.4) is 0 Å². The molecule has 0 atom stereocenters. The number of hydrogen-bond donors (Lipinski definition) is 0. The molecule has 9 heavy (non-hydrogen) atoms. The average molecular weight is 258 g/mol. The van der Waals surface area contributed by atoms with Gasteiger partial charge < -0.3 is 9.90 Å². The van der Waals surface area contributed by atoms with E-state index in [1.807, 2.05) is 0 Å². The minimum atomic E-state index is -3.17. The van der Waals surface area contributed by atoms with E-state index in [0.717, 1.165) is 22.6 Å². The van der Waals surface area contributed by atoms with Gasteiger partial charge >= 0.3 is 33.5 Å². The number of hydrogen-bond acceptors (Lipinski definition) is 2. The van der Waals surface area contributed by atoms with Gasteiger partial charge in [-0.15, -0.1) is 0 Å². The zero-order chi connectivity index (χ0) is 6.78. The van der Waals surface area contributed by atoms with Gasteiger partial charge in [-0.05, 0) is 22.6 Å². The van der Waals surface area contributed by atoms with E-state index < -0.39 is 16.3 Å². The van der Waals surface area contributed by atoms with Gasteiger partial charge in [-0.25, -0.2) is 0 Å². The molecule has 0 bridgehead atoms. The Balaban J connectivity index is 0. The van der Waals surface area contributed by atoms with E-state index in [1.165, 1.54) is 0 Å². The SMILES string of the molecule is O=C([O-])CC(F)(F)I.[Na+]. The van der Waals surface area contributed by atoms with Gasteiger partial charge in [0.25, 0.3) is 0 Å². The van der Waals surface area contributed by atoms with Gasteiger partial charge in [0, 0.05) is 5.97 Å². The largest absolute Gasteiger partial charge is 1.00 e. The number of aliphatic carboxylic acids is 1. The van der Waals surface area contributed by atoms with Crippen LogP contribution in [-0.4, -0.2) is 9.90 Å². The van der Waals surface area contributed by atoms with Crippen molar-refractivity contribution in [2.75, 3.05) is 0 Å². The van der Waals surface area contributed by atoms with Crippen molar-refractivity contribution in [3.63, 3.8) is 0 Å². The fraction of sp³-hybridized carbons (Fsp3) is 0.667. The van der Waals surface area contributed by atoms with Gasteiger partial charge in [0.15, 0.2) is 0 Å². The van der Waals surface area contributed by atoms with Gasteiger partial charge in [-0.3, -0.25) is 0 Å². The first-order valence-corrected chi connectivity index (χ1v) is 2.76. The van der Waals surface area contributed by atoms with Crippen LogP contribution >= 0.6 is 22.6 Å². The summed E-state index contributed by atoms with van der Waals surface area (Å²) in [6.45, 7) is 0. The second-order valence-corrected chi connectivity index (χ2v) is 2.74. The third kappa shape index (κ3) is 12.3. The summed E-state index contributed by atoms with van der Waals surface area (Å²) < 4.78 is 19.9. The summed E-state index contributed by atoms with van der Waals surface area (Å²) in [5.74, 6) is -1.73. The number of halogens is 3. The summed E-state index contributed by atoms with van der Waals surface area (Å²) in [6, 6.07) is 0. The number of carbonyl (C=O) groups excluding carboxylic acids is 1. The van der Waals surface area contributed by atoms with Crippen LogP contribution in [0.25, 0.3) is 0 Å². The molecule has 0 N–H and O–H groups in total. The molecule has 0 spiro atoms. The van der Waals surface area contributed by atoms with Crippen molar-refractivity contribution < 1.29 is 48.2 Å². The van der Waals surface area contributed by atoms with E-state index in [-0.39, 0.29) is 29.6 Å². The smallest absolute Gasteiger partial charge is 0.550 e. The summed E-state index contributed by atoms with van der Waals surface area (Å²) in [7, 11) is 0. The number of carbonyl (C=O) groups is 1. The van der Waals surface area contributed by atoms with E-state index in [0.29, 0.717) is 0 Å². The molecule has 6 heteroatoms. The van der Waals surface area contributed by atoms with Crippen LogP contribution in [0.4, 0.5) is 8.78 Å². The first-order chi connectivity index (χ1) is 3.42. The van der Waals surface area contributed by atoms with Gasteiger partial charge in [-0.2, -0.15) is 8.78 Å². The minimum absolute atomic E-state index is 0. The van der Waals surface area contributed by atoms with Crippen LogP contribution in [0.5, 0.6) is 0 Å². The molecule has 0 saturated carbocycles. The third-order valence-electron chi connectivity index (χ3n) is 0.345. The fourth-order valence-electron chi connectivity index (χ4n) is 0.164. The van der Waals surface area contributed by atoms with Crippen molar-refractivity contribution in [2.45, 2.75) is 10.4 Å². The Morgan fingerprint density at radius 3 is 2.00 bits per heavy atom. The predicted octanol–water partition coefficient (Wildman–Crippen LogP) is -2.84. The van der Waals surface area contributed by atoms with E-state index in [1.54, 1.807) is 0 Å². The van der Waals surface area contributed by atoms with E-state index >= 15 is 0 Å². The van der Waals surface area contributed by atoms with Gasteiger partial charge in [0.05, 0.1) is 6.42 Å². The van der Waals surface area contributed by atoms with Crippen molar-refractivity contribution in [3.8, 4) is 0 Å². The van der Waals surface area contributed by atoms with E-state index in [4.69, 9.17) is 0 Å². The van der Waals surface area contributed by atoms with Gasteiger partial charge in [0.1, 0.15) is 0 Å². The number of carboxylic acid groups (broad SMARTS) is 1. The monoisotopic (exact) mass is 258 g/mol. The minimum Gasteiger partial charge on any atom is -0.550 e. The molecule has 0 unspecified atom stereocenters. The van der Waals surface area contributed by atoms with Crippen molar-refractivity contribution in [2.24, 2.45) is 0 Å². The molecule has 0 aromatic heterocycles. The molecule has 2 nitrogen and oxygen atoms in total. The Morgan fingerprint density at radius 2 is 2.00 bits per heavy atom. The van der Waals surface area contributed by atoms with Gasteiger partial charge in [-0.1, -0.05) is 0 Å². The van der Waals surface area contributed by atoms with Crippen molar-refractivity contribution in [3.05, 3.63) is 0 Å². The molecular formula is C3H2F2INaO2. The summed E-state index contributed by atoms with van der Waals surface area (Å²) in [5, 5.41) is 9.42. The summed E-state index contributed by atoms with van der Waals surface area (Å²) in [5.41, 5.74) is 0. The van der Waals surface area contributed by atoms with Crippen molar-refractivity contribution in [1.82, 2.24) is 0 Å². The van der Waals surface area contributed by atoms with Crippen molar-refractivity contribution in [1.29, 1.82) is 0 Å². The molecule has 0 saturated heterocycles. The van der Waals surface area contributed by atoms with Crippen LogP contribution in [0, 0.1) is 0 Å². The zero-order valence-corrected chi connectivity index (χ0v) is 8.81. The quantitative estimate of drug-likeness (QED) is 0.304. The van der Waals surface area contributed by atoms with Crippen molar-refractivity contribution >= 4 is 28.6 Å². The molecule has 0 radical (unpaired) electrons. The summed E-state index contributed by atoms with van der Waals surface area (Å²) in [6.07, 6.45) is -1.21. The van der Waals surface area contributed by atoms with Crippen LogP contribution in [0.2, 0.25) is 0 Å². The topological polar surface area (TPSA) is 40.1 Å². The molecule has 0 amide bonds. The Hall–Kier alpha value is 1.06. The second-order valence-electron chi connectivity index (χ2n) is 1.16. The van der Waals surface area contributed by atoms with Crippen LogP contribution in [0.1, 0.15) is 6.42 Å². The van der Waals surface area contributed by atoms with Crippen LogP contribution in [-0.2, 0) is 4.79 Å². The number of carboxylic acids is 1. The molecule has 0 aliphatic carbocycles. The maximum atomic E-state index is 11.5. The third-order valence-corrected chi connectivity index (χ3v) is 0.726. The molecule has 0 rings (SSSR count). The Morgan fingerprint density at radius 1 is 1.67 bits per heavy atom. The molecule has 0 aromatic carbocycles. The molecule has 0 aliphatic rings. The standard InChI is InChI=1S/C3H3F2IO2.Na/c4-3(5,6)1-2(7)8;/h1H2,(H,7,8);/q;+1/p-1. The van der Waals surface area contributed by atoms with Crippen LogP contribution in [0.15, 0.2) is 0 Å². The normalized spacial score (nSPS) is 10.1. The second kappa shape index (κ2) is 4.81. The Labute approximate surface area is 86.4 Å².